The summed E-state index contributed by atoms with van der Waals surface area (Å²) in [5.74, 6) is 0.875. The lowest BCUT2D eigenvalue weighted by molar-refractivity contribution is 0.0145. The number of aliphatic hydroxyl groups excluding tert-OH is 1. The molecule has 2 atom stereocenters. The Kier molecular flexibility index (Phi) is 6.45. The number of rotatable bonds is 7. The van der Waals surface area contributed by atoms with Crippen LogP contribution < -0.4 is 10.1 Å². The molecule has 0 aliphatic carbocycles. The molecule has 0 radical (unpaired) electrons. The fourth-order valence-electron chi connectivity index (χ4n) is 2.59. The summed E-state index contributed by atoms with van der Waals surface area (Å²) in [6.45, 7) is 6.67. The maximum Gasteiger partial charge on any atom is 0.123 e. The van der Waals surface area contributed by atoms with E-state index >= 15 is 0 Å². The molecular weight excluding hydrogens is 268 g/mol. The van der Waals surface area contributed by atoms with E-state index in [0.29, 0.717) is 13.1 Å². The Balaban J connectivity index is 1.78. The highest BCUT2D eigenvalue weighted by molar-refractivity contribution is 5.35. The molecule has 1 aliphatic rings. The van der Waals surface area contributed by atoms with Crippen LogP contribution in [0.1, 0.15) is 18.5 Å². The molecule has 5 heteroatoms. The predicted molar refractivity (Wildman–Crippen MR) is 82.7 cm³/mol. The van der Waals surface area contributed by atoms with Crippen LogP contribution in [0, 0.1) is 0 Å². The third kappa shape index (κ3) is 4.97. The Bertz CT molecular complexity index is 422. The molecular formula is C16H26N2O3. The Morgan fingerprint density at radius 2 is 2.05 bits per heavy atom. The maximum absolute atomic E-state index is 10.1. The molecule has 118 valence electrons. The normalized spacial score (nSPS) is 19.2. The van der Waals surface area contributed by atoms with Crippen molar-refractivity contribution in [2.75, 3.05) is 46.5 Å². The number of para-hydroxylation sites is 1. The van der Waals surface area contributed by atoms with Gasteiger partial charge in [-0.15, -0.1) is 0 Å². The molecule has 0 amide bonds. The van der Waals surface area contributed by atoms with Gasteiger partial charge in [0.2, 0.25) is 0 Å². The second-order valence-electron chi connectivity index (χ2n) is 5.44. The number of hydrogen-bond donors (Lipinski definition) is 2. The number of methoxy groups -OCH3 is 1. The molecule has 21 heavy (non-hydrogen) atoms. The van der Waals surface area contributed by atoms with Gasteiger partial charge in [0.25, 0.3) is 0 Å². The lowest BCUT2D eigenvalue weighted by Gasteiger charge is -2.29. The van der Waals surface area contributed by atoms with E-state index in [1.54, 1.807) is 7.11 Å². The highest BCUT2D eigenvalue weighted by Gasteiger charge is 2.16. The number of nitrogens with one attached hydrogen (secondary N) is 1. The fourth-order valence-corrected chi connectivity index (χ4v) is 2.59. The molecule has 1 aromatic rings. The van der Waals surface area contributed by atoms with Crippen LogP contribution in [-0.2, 0) is 4.74 Å². The third-order valence-electron chi connectivity index (χ3n) is 3.84. The maximum atomic E-state index is 10.1. The van der Waals surface area contributed by atoms with Gasteiger partial charge in [-0.1, -0.05) is 18.2 Å². The first-order chi connectivity index (χ1) is 10.2. The van der Waals surface area contributed by atoms with Crippen LogP contribution in [0.4, 0.5) is 0 Å². The van der Waals surface area contributed by atoms with Crippen molar-refractivity contribution in [3.05, 3.63) is 29.8 Å². The molecule has 2 N–H and O–H groups in total. The molecule has 0 saturated carbocycles. The SMILES string of the molecule is COc1ccccc1[C@H](C)NCC(O)CN1CCOCC1. The largest absolute Gasteiger partial charge is 0.496 e. The van der Waals surface area contributed by atoms with Crippen molar-refractivity contribution in [1.82, 2.24) is 10.2 Å². The Hall–Kier alpha value is -1.14. The Morgan fingerprint density at radius 1 is 1.33 bits per heavy atom. The predicted octanol–water partition coefficient (Wildman–Crippen LogP) is 1.04. The van der Waals surface area contributed by atoms with Gasteiger partial charge in [-0.2, -0.15) is 0 Å². The van der Waals surface area contributed by atoms with E-state index in [1.807, 2.05) is 24.3 Å². The van der Waals surface area contributed by atoms with E-state index in [9.17, 15) is 5.11 Å². The van der Waals surface area contributed by atoms with Gasteiger partial charge in [-0.25, -0.2) is 0 Å². The van der Waals surface area contributed by atoms with Crippen molar-refractivity contribution >= 4 is 0 Å². The summed E-state index contributed by atoms with van der Waals surface area (Å²) in [5, 5.41) is 13.5. The average Bonchev–Trinajstić information content (AvgIpc) is 2.53. The highest BCUT2D eigenvalue weighted by atomic mass is 16.5. The fraction of sp³-hybridized carbons (Fsp3) is 0.625. The van der Waals surface area contributed by atoms with Gasteiger partial charge < -0.3 is 19.9 Å². The first kappa shape index (κ1) is 16.2. The van der Waals surface area contributed by atoms with E-state index < -0.39 is 0 Å². The van der Waals surface area contributed by atoms with Crippen molar-refractivity contribution in [2.24, 2.45) is 0 Å². The van der Waals surface area contributed by atoms with Gasteiger partial charge in [0, 0.05) is 37.8 Å². The van der Waals surface area contributed by atoms with Crippen LogP contribution in [-0.4, -0.2) is 62.6 Å². The monoisotopic (exact) mass is 294 g/mol. The minimum atomic E-state index is -0.375. The molecule has 1 unspecified atom stereocenters. The number of nitrogens with zero attached hydrogens (tertiary/aromatic N) is 1. The number of hydrogen-bond acceptors (Lipinski definition) is 5. The van der Waals surface area contributed by atoms with Crippen molar-refractivity contribution in [2.45, 2.75) is 19.1 Å². The van der Waals surface area contributed by atoms with Gasteiger partial charge in [-0.3, -0.25) is 4.90 Å². The lowest BCUT2D eigenvalue weighted by atomic mass is 10.1. The average molecular weight is 294 g/mol. The van der Waals surface area contributed by atoms with Gasteiger partial charge in [0.15, 0.2) is 0 Å². The molecule has 1 saturated heterocycles. The molecule has 1 heterocycles. The zero-order valence-corrected chi connectivity index (χ0v) is 12.9. The zero-order valence-electron chi connectivity index (χ0n) is 12.9. The van der Waals surface area contributed by atoms with Crippen LogP contribution in [0.5, 0.6) is 5.75 Å². The van der Waals surface area contributed by atoms with E-state index in [4.69, 9.17) is 9.47 Å². The van der Waals surface area contributed by atoms with Crippen molar-refractivity contribution in [3.8, 4) is 5.75 Å². The smallest absolute Gasteiger partial charge is 0.123 e. The second-order valence-corrected chi connectivity index (χ2v) is 5.44. The quantitative estimate of drug-likeness (QED) is 0.787. The Labute approximate surface area is 126 Å². The molecule has 1 aromatic carbocycles. The molecule has 1 fully saturated rings. The van der Waals surface area contributed by atoms with Crippen LogP contribution in [0.2, 0.25) is 0 Å². The molecule has 1 aliphatic heterocycles. The van der Waals surface area contributed by atoms with Gasteiger partial charge in [-0.05, 0) is 13.0 Å². The number of ether oxygens (including phenoxy) is 2. The van der Waals surface area contributed by atoms with Gasteiger partial charge in [0.1, 0.15) is 5.75 Å². The lowest BCUT2D eigenvalue weighted by Crippen LogP contribution is -2.44. The summed E-state index contributed by atoms with van der Waals surface area (Å²) >= 11 is 0. The third-order valence-corrected chi connectivity index (χ3v) is 3.84. The first-order valence-electron chi connectivity index (χ1n) is 7.55. The van der Waals surface area contributed by atoms with Crippen LogP contribution in [0.15, 0.2) is 24.3 Å². The summed E-state index contributed by atoms with van der Waals surface area (Å²) in [7, 11) is 1.68. The molecule has 2 rings (SSSR count). The molecule has 0 spiro atoms. The molecule has 5 nitrogen and oxygen atoms in total. The topological polar surface area (TPSA) is 54.0 Å². The van der Waals surface area contributed by atoms with E-state index in [2.05, 4.69) is 17.1 Å². The van der Waals surface area contributed by atoms with E-state index in [1.165, 1.54) is 0 Å². The standard InChI is InChI=1S/C16H26N2O3/c1-13(15-5-3-4-6-16(15)20-2)17-11-14(19)12-18-7-9-21-10-8-18/h3-6,13-14,17,19H,7-12H2,1-2H3/t13-,14?/m0/s1. The molecule has 0 aromatic heterocycles. The Morgan fingerprint density at radius 3 is 2.76 bits per heavy atom. The van der Waals surface area contributed by atoms with Gasteiger partial charge >= 0.3 is 0 Å². The number of benzene rings is 1. The number of aliphatic hydroxyl groups is 1. The number of β-amino-alcohol motifs (C(OH)–C–C–N with tert-alkyl or cyclic N) is 1. The van der Waals surface area contributed by atoms with Crippen molar-refractivity contribution in [3.63, 3.8) is 0 Å². The highest BCUT2D eigenvalue weighted by Crippen LogP contribution is 2.24. The van der Waals surface area contributed by atoms with Gasteiger partial charge in [0.05, 0.1) is 26.4 Å². The van der Waals surface area contributed by atoms with Crippen LogP contribution in [0.25, 0.3) is 0 Å². The summed E-state index contributed by atoms with van der Waals surface area (Å²) < 4.78 is 10.7. The minimum Gasteiger partial charge on any atom is -0.496 e. The summed E-state index contributed by atoms with van der Waals surface area (Å²) in [6.07, 6.45) is -0.375. The second kappa shape index (κ2) is 8.34. The molecule has 0 bridgehead atoms. The minimum absolute atomic E-state index is 0.139. The van der Waals surface area contributed by atoms with Crippen LogP contribution >= 0.6 is 0 Å². The zero-order chi connectivity index (χ0) is 15.1. The van der Waals surface area contributed by atoms with Crippen molar-refractivity contribution in [1.29, 1.82) is 0 Å². The summed E-state index contributed by atoms with van der Waals surface area (Å²) in [6, 6.07) is 8.10. The summed E-state index contributed by atoms with van der Waals surface area (Å²) in [4.78, 5) is 2.24. The van der Waals surface area contributed by atoms with E-state index in [-0.39, 0.29) is 12.1 Å². The van der Waals surface area contributed by atoms with E-state index in [0.717, 1.165) is 37.6 Å². The van der Waals surface area contributed by atoms with Crippen LogP contribution in [0.3, 0.4) is 0 Å². The van der Waals surface area contributed by atoms with Crippen molar-refractivity contribution < 1.29 is 14.6 Å². The first-order valence-corrected chi connectivity index (χ1v) is 7.55. The number of morpholine rings is 1. The summed E-state index contributed by atoms with van der Waals surface area (Å²) in [5.41, 5.74) is 1.11.